The van der Waals surface area contributed by atoms with E-state index < -0.39 is 0 Å². The highest BCUT2D eigenvalue weighted by Gasteiger charge is 1.89. The summed E-state index contributed by atoms with van der Waals surface area (Å²) in [6, 6.07) is 0. The maximum Gasteiger partial charge on any atom is -0.0351 e. The summed E-state index contributed by atoms with van der Waals surface area (Å²) in [5, 5.41) is 0. The van der Waals surface area contributed by atoms with Gasteiger partial charge in [0.15, 0.2) is 0 Å². The molecule has 0 aromatic rings. The molecule has 0 aromatic heterocycles. The molecule has 0 saturated heterocycles. The van der Waals surface area contributed by atoms with E-state index in [2.05, 4.69) is 25.7 Å². The van der Waals surface area contributed by atoms with Crippen molar-refractivity contribution in [1.29, 1.82) is 0 Å². The zero-order chi connectivity index (χ0) is 14.0. The standard InChI is InChI=1S/C19H36/c1-3-5-7-9-11-13-15-17-19-18-16-14-12-10-8-6-4-2/h3,18-19H,1,4-17H2,2H3. The topological polar surface area (TPSA) is 0 Å². The molecule has 0 radical (unpaired) electrons. The maximum absolute atomic E-state index is 3.75. The van der Waals surface area contributed by atoms with Crippen molar-refractivity contribution in [2.24, 2.45) is 0 Å². The molecule has 0 heteroatoms. The van der Waals surface area contributed by atoms with E-state index >= 15 is 0 Å². The van der Waals surface area contributed by atoms with Crippen molar-refractivity contribution in [2.45, 2.75) is 96.8 Å². The Balaban J connectivity index is 3.03. The van der Waals surface area contributed by atoms with E-state index in [-0.39, 0.29) is 0 Å². The Hall–Kier alpha value is -0.520. The largest absolute Gasteiger partial charge is 0.103 e. The number of rotatable bonds is 15. The Morgan fingerprint density at radius 3 is 1.47 bits per heavy atom. The SMILES string of the molecule is C=CCCCCCCCC=CCCCCCCCC. The van der Waals surface area contributed by atoms with Gasteiger partial charge in [-0.2, -0.15) is 0 Å². The molecule has 0 amide bonds. The smallest absolute Gasteiger partial charge is 0.0351 e. The lowest BCUT2D eigenvalue weighted by Crippen LogP contribution is -1.79. The van der Waals surface area contributed by atoms with Crippen LogP contribution in [0.2, 0.25) is 0 Å². The third-order valence-electron chi connectivity index (χ3n) is 3.67. The third kappa shape index (κ3) is 17.5. The zero-order valence-electron chi connectivity index (χ0n) is 13.3. The van der Waals surface area contributed by atoms with E-state index in [0.717, 1.165) is 0 Å². The van der Waals surface area contributed by atoms with Gasteiger partial charge in [-0.25, -0.2) is 0 Å². The van der Waals surface area contributed by atoms with Gasteiger partial charge in [0.25, 0.3) is 0 Å². The van der Waals surface area contributed by atoms with E-state index in [1.165, 1.54) is 89.9 Å². The van der Waals surface area contributed by atoms with Crippen LogP contribution < -0.4 is 0 Å². The van der Waals surface area contributed by atoms with Crippen LogP contribution in [0.3, 0.4) is 0 Å². The van der Waals surface area contributed by atoms with Gasteiger partial charge in [-0.1, -0.05) is 76.5 Å². The van der Waals surface area contributed by atoms with Crippen LogP contribution in [0.1, 0.15) is 96.8 Å². The van der Waals surface area contributed by atoms with Gasteiger partial charge in [-0.3, -0.25) is 0 Å². The monoisotopic (exact) mass is 264 g/mol. The van der Waals surface area contributed by atoms with Crippen molar-refractivity contribution in [2.75, 3.05) is 0 Å². The van der Waals surface area contributed by atoms with Crippen LogP contribution in [0.4, 0.5) is 0 Å². The first-order valence-electron chi connectivity index (χ1n) is 8.67. The first kappa shape index (κ1) is 18.5. The van der Waals surface area contributed by atoms with Crippen LogP contribution in [0.5, 0.6) is 0 Å². The summed E-state index contributed by atoms with van der Waals surface area (Å²) < 4.78 is 0. The van der Waals surface area contributed by atoms with Gasteiger partial charge in [0.2, 0.25) is 0 Å². The highest BCUT2D eigenvalue weighted by Crippen LogP contribution is 2.09. The molecule has 19 heavy (non-hydrogen) atoms. The molecular formula is C19H36. The highest BCUT2D eigenvalue weighted by atomic mass is 14.0. The van der Waals surface area contributed by atoms with Crippen molar-refractivity contribution in [3.8, 4) is 0 Å². The second-order valence-corrected chi connectivity index (χ2v) is 5.66. The first-order chi connectivity index (χ1) is 9.41. The minimum Gasteiger partial charge on any atom is -0.103 e. The molecule has 0 unspecified atom stereocenters. The van der Waals surface area contributed by atoms with E-state index in [9.17, 15) is 0 Å². The van der Waals surface area contributed by atoms with E-state index in [0.29, 0.717) is 0 Å². The predicted octanol–water partition coefficient (Wildman–Crippen LogP) is 7.21. The van der Waals surface area contributed by atoms with Gasteiger partial charge >= 0.3 is 0 Å². The number of unbranched alkanes of at least 4 members (excludes halogenated alkanes) is 12. The van der Waals surface area contributed by atoms with Crippen molar-refractivity contribution < 1.29 is 0 Å². The molecule has 0 aromatic carbocycles. The molecule has 0 aliphatic heterocycles. The molecule has 0 spiro atoms. The molecule has 0 N–H and O–H groups in total. The van der Waals surface area contributed by atoms with Gasteiger partial charge < -0.3 is 0 Å². The Bertz CT molecular complexity index is 190. The normalized spacial score (nSPS) is 11.2. The Kier molecular flexibility index (Phi) is 17.0. The van der Waals surface area contributed by atoms with Crippen LogP contribution in [-0.2, 0) is 0 Å². The van der Waals surface area contributed by atoms with E-state index in [4.69, 9.17) is 0 Å². The average molecular weight is 264 g/mol. The van der Waals surface area contributed by atoms with Crippen LogP contribution in [-0.4, -0.2) is 0 Å². The molecule has 0 atom stereocenters. The summed E-state index contributed by atoms with van der Waals surface area (Å²) in [5.74, 6) is 0. The molecule has 0 rings (SSSR count). The summed E-state index contributed by atoms with van der Waals surface area (Å²) in [6.07, 6.45) is 26.0. The number of allylic oxidation sites excluding steroid dienone is 3. The van der Waals surface area contributed by atoms with Crippen molar-refractivity contribution in [1.82, 2.24) is 0 Å². The van der Waals surface area contributed by atoms with Gasteiger partial charge in [0, 0.05) is 0 Å². The molecule has 112 valence electrons. The Morgan fingerprint density at radius 1 is 0.579 bits per heavy atom. The zero-order valence-corrected chi connectivity index (χ0v) is 13.3. The molecule has 0 aliphatic carbocycles. The Labute approximate surface area is 122 Å². The second-order valence-electron chi connectivity index (χ2n) is 5.66. The molecule has 0 saturated carbocycles. The van der Waals surface area contributed by atoms with E-state index in [1.807, 2.05) is 6.08 Å². The average Bonchev–Trinajstić information content (AvgIpc) is 2.43. The van der Waals surface area contributed by atoms with Crippen molar-refractivity contribution in [3.05, 3.63) is 24.8 Å². The fraction of sp³-hybridized carbons (Fsp3) is 0.789. The lowest BCUT2D eigenvalue weighted by Gasteiger charge is -1.99. The van der Waals surface area contributed by atoms with E-state index in [1.54, 1.807) is 0 Å². The lowest BCUT2D eigenvalue weighted by atomic mass is 10.1. The number of hydrogen-bond donors (Lipinski definition) is 0. The molecule has 0 bridgehead atoms. The van der Waals surface area contributed by atoms with Crippen molar-refractivity contribution in [3.63, 3.8) is 0 Å². The fourth-order valence-corrected chi connectivity index (χ4v) is 2.36. The van der Waals surface area contributed by atoms with Gasteiger partial charge in [-0.15, -0.1) is 6.58 Å². The highest BCUT2D eigenvalue weighted by molar-refractivity contribution is 4.81. The molecule has 0 fully saturated rings. The molecular weight excluding hydrogens is 228 g/mol. The lowest BCUT2D eigenvalue weighted by molar-refractivity contribution is 0.609. The predicted molar refractivity (Wildman–Crippen MR) is 89.6 cm³/mol. The minimum atomic E-state index is 1.19. The quantitative estimate of drug-likeness (QED) is 0.216. The maximum atomic E-state index is 3.75. The van der Waals surface area contributed by atoms with Crippen LogP contribution in [0, 0.1) is 0 Å². The van der Waals surface area contributed by atoms with Crippen LogP contribution in [0.15, 0.2) is 24.8 Å². The van der Waals surface area contributed by atoms with Crippen LogP contribution in [0.25, 0.3) is 0 Å². The second kappa shape index (κ2) is 17.5. The third-order valence-corrected chi connectivity index (χ3v) is 3.67. The number of hydrogen-bond acceptors (Lipinski definition) is 0. The molecule has 0 nitrogen and oxygen atoms in total. The van der Waals surface area contributed by atoms with Crippen LogP contribution >= 0.6 is 0 Å². The van der Waals surface area contributed by atoms with Gasteiger partial charge in [-0.05, 0) is 38.5 Å². The van der Waals surface area contributed by atoms with Gasteiger partial charge in [0.1, 0.15) is 0 Å². The molecule has 0 aliphatic rings. The molecule has 0 heterocycles. The summed E-state index contributed by atoms with van der Waals surface area (Å²) in [5.41, 5.74) is 0. The summed E-state index contributed by atoms with van der Waals surface area (Å²) in [6.45, 7) is 6.03. The minimum absolute atomic E-state index is 1.19. The summed E-state index contributed by atoms with van der Waals surface area (Å²) in [4.78, 5) is 0. The summed E-state index contributed by atoms with van der Waals surface area (Å²) >= 11 is 0. The summed E-state index contributed by atoms with van der Waals surface area (Å²) in [7, 11) is 0. The fourth-order valence-electron chi connectivity index (χ4n) is 2.36. The van der Waals surface area contributed by atoms with Gasteiger partial charge in [0.05, 0.1) is 0 Å². The first-order valence-corrected chi connectivity index (χ1v) is 8.67. The van der Waals surface area contributed by atoms with Crippen molar-refractivity contribution >= 4 is 0 Å². The Morgan fingerprint density at radius 2 is 1.00 bits per heavy atom.